The quantitative estimate of drug-likeness (QED) is 0.589. The van der Waals surface area contributed by atoms with Crippen molar-refractivity contribution in [3.63, 3.8) is 0 Å². The van der Waals surface area contributed by atoms with E-state index in [0.717, 1.165) is 30.1 Å². The molecule has 0 aliphatic carbocycles. The van der Waals surface area contributed by atoms with Crippen molar-refractivity contribution in [2.75, 3.05) is 13.2 Å². The van der Waals surface area contributed by atoms with Crippen LogP contribution in [0.1, 0.15) is 32.8 Å². The lowest BCUT2D eigenvalue weighted by Crippen LogP contribution is -2.20. The zero-order chi connectivity index (χ0) is 15.7. The van der Waals surface area contributed by atoms with E-state index in [0.29, 0.717) is 12.4 Å². The largest absolute Gasteiger partial charge is 0.490 e. The summed E-state index contributed by atoms with van der Waals surface area (Å²) in [5.41, 5.74) is 1.17. The first-order valence-electron chi connectivity index (χ1n) is 7.25. The summed E-state index contributed by atoms with van der Waals surface area (Å²) in [6.07, 6.45) is 6.77. The van der Waals surface area contributed by atoms with Gasteiger partial charge in [0.05, 0.1) is 11.6 Å². The van der Waals surface area contributed by atoms with Crippen LogP contribution >= 0.6 is 12.2 Å². The van der Waals surface area contributed by atoms with Gasteiger partial charge in [-0.05, 0) is 44.9 Å². The molecule has 0 aromatic heterocycles. The topological polar surface area (TPSA) is 30.5 Å². The molecule has 4 heteroatoms. The van der Waals surface area contributed by atoms with Gasteiger partial charge in [-0.1, -0.05) is 24.2 Å². The Balaban J connectivity index is 2.77. The maximum absolute atomic E-state index is 5.67. The lowest BCUT2D eigenvalue weighted by molar-refractivity contribution is 0.251. The van der Waals surface area contributed by atoms with Gasteiger partial charge < -0.3 is 14.8 Å². The summed E-state index contributed by atoms with van der Waals surface area (Å²) in [5, 5.41) is 3.15. The number of aryl methyl sites for hydroxylation is 1. The van der Waals surface area contributed by atoms with E-state index in [-0.39, 0.29) is 6.10 Å². The number of hydrogen-bond acceptors (Lipinski definition) is 3. The molecule has 0 heterocycles. The highest BCUT2D eigenvalue weighted by Crippen LogP contribution is 2.29. The van der Waals surface area contributed by atoms with E-state index in [9.17, 15) is 0 Å². The Labute approximate surface area is 133 Å². The Morgan fingerprint density at radius 3 is 2.76 bits per heavy atom. The van der Waals surface area contributed by atoms with Crippen LogP contribution in [0.3, 0.4) is 0 Å². The van der Waals surface area contributed by atoms with Gasteiger partial charge in [0, 0.05) is 13.0 Å². The molecule has 0 amide bonds. The first-order chi connectivity index (χ1) is 10.1. The lowest BCUT2D eigenvalue weighted by Gasteiger charge is -2.15. The van der Waals surface area contributed by atoms with E-state index in [2.05, 4.69) is 11.2 Å². The first-order valence-corrected chi connectivity index (χ1v) is 7.66. The maximum atomic E-state index is 5.67. The van der Waals surface area contributed by atoms with E-state index < -0.39 is 0 Å². The minimum atomic E-state index is -0.281. The fourth-order valence-electron chi connectivity index (χ4n) is 1.84. The highest BCUT2D eigenvalue weighted by molar-refractivity contribution is 7.80. The molecule has 1 unspecified atom stereocenters. The molecular weight excluding hydrogens is 282 g/mol. The number of terminal acetylenes is 1. The fraction of sp³-hybridized carbons (Fsp3) is 0.471. The van der Waals surface area contributed by atoms with Gasteiger partial charge in [0.15, 0.2) is 17.6 Å². The van der Waals surface area contributed by atoms with Crippen LogP contribution in [0.15, 0.2) is 18.2 Å². The van der Waals surface area contributed by atoms with Crippen LogP contribution in [0.25, 0.3) is 0 Å². The summed E-state index contributed by atoms with van der Waals surface area (Å²) in [6, 6.07) is 5.93. The monoisotopic (exact) mass is 305 g/mol. The molecule has 0 fully saturated rings. The molecule has 1 N–H and O–H groups in total. The Morgan fingerprint density at radius 1 is 1.38 bits per heavy atom. The van der Waals surface area contributed by atoms with Gasteiger partial charge in [-0.25, -0.2) is 0 Å². The molecule has 3 nitrogen and oxygen atoms in total. The molecule has 0 bridgehead atoms. The van der Waals surface area contributed by atoms with Gasteiger partial charge in [-0.3, -0.25) is 0 Å². The molecular formula is C17H23NO2S. The predicted molar refractivity (Wildman–Crippen MR) is 91.1 cm³/mol. The van der Waals surface area contributed by atoms with Gasteiger partial charge in [0.25, 0.3) is 0 Å². The van der Waals surface area contributed by atoms with Crippen LogP contribution in [0, 0.1) is 12.3 Å². The first kappa shape index (κ1) is 17.3. The Bertz CT molecular complexity index is 508. The van der Waals surface area contributed by atoms with Crippen LogP contribution in [0.2, 0.25) is 0 Å². The average Bonchev–Trinajstić information content (AvgIpc) is 2.47. The maximum Gasteiger partial charge on any atom is 0.163 e. The van der Waals surface area contributed by atoms with E-state index in [4.69, 9.17) is 28.1 Å². The van der Waals surface area contributed by atoms with Crippen LogP contribution in [-0.4, -0.2) is 24.2 Å². The lowest BCUT2D eigenvalue weighted by atomic mass is 10.1. The second-order valence-corrected chi connectivity index (χ2v) is 5.09. The van der Waals surface area contributed by atoms with Crippen LogP contribution in [-0.2, 0) is 6.42 Å². The number of hydrogen-bond donors (Lipinski definition) is 1. The SMILES string of the molecule is C#CC(C)Oc1ccc(CCC(=S)NCC)cc1OCC. The summed E-state index contributed by atoms with van der Waals surface area (Å²) in [6.45, 7) is 7.26. The van der Waals surface area contributed by atoms with Crippen molar-refractivity contribution in [3.05, 3.63) is 23.8 Å². The summed E-state index contributed by atoms with van der Waals surface area (Å²) >= 11 is 5.25. The third kappa shape index (κ3) is 6.05. The standard InChI is InChI=1S/C17H23NO2S/c1-5-13(4)20-15-10-8-14(12-16(15)19-7-3)9-11-17(21)18-6-2/h1,8,10,12-13H,6-7,9,11H2,2-4H3,(H,18,21). The molecule has 114 valence electrons. The number of thiocarbonyl (C=S) groups is 1. The zero-order valence-electron chi connectivity index (χ0n) is 12.9. The smallest absolute Gasteiger partial charge is 0.163 e. The van der Waals surface area contributed by atoms with Gasteiger partial charge in [-0.15, -0.1) is 6.42 Å². The molecule has 0 saturated carbocycles. The molecule has 0 aliphatic heterocycles. The van der Waals surface area contributed by atoms with Gasteiger partial charge >= 0.3 is 0 Å². The number of rotatable bonds is 8. The summed E-state index contributed by atoms with van der Waals surface area (Å²) in [5.74, 6) is 3.96. The Kier molecular flexibility index (Phi) is 7.63. The highest BCUT2D eigenvalue weighted by atomic mass is 32.1. The van der Waals surface area contributed by atoms with E-state index in [1.807, 2.05) is 39.0 Å². The van der Waals surface area contributed by atoms with E-state index >= 15 is 0 Å². The number of benzene rings is 1. The third-order valence-corrected chi connectivity index (χ3v) is 3.21. The molecule has 21 heavy (non-hydrogen) atoms. The molecule has 1 aromatic carbocycles. The summed E-state index contributed by atoms with van der Waals surface area (Å²) in [7, 11) is 0. The Hall–Kier alpha value is -1.73. The zero-order valence-corrected chi connectivity index (χ0v) is 13.8. The van der Waals surface area contributed by atoms with Crippen molar-refractivity contribution in [1.82, 2.24) is 5.32 Å². The highest BCUT2D eigenvalue weighted by Gasteiger charge is 2.09. The van der Waals surface area contributed by atoms with Crippen LogP contribution < -0.4 is 14.8 Å². The predicted octanol–water partition coefficient (Wildman–Crippen LogP) is 3.36. The second kappa shape index (κ2) is 9.25. The van der Waals surface area contributed by atoms with Crippen molar-refractivity contribution >= 4 is 17.2 Å². The van der Waals surface area contributed by atoms with Crippen molar-refractivity contribution in [1.29, 1.82) is 0 Å². The molecule has 0 radical (unpaired) electrons. The van der Waals surface area contributed by atoms with Gasteiger partial charge in [0.2, 0.25) is 0 Å². The molecule has 0 aliphatic rings. The third-order valence-electron chi connectivity index (χ3n) is 2.86. The van der Waals surface area contributed by atoms with Crippen LogP contribution in [0.4, 0.5) is 0 Å². The molecule has 1 rings (SSSR count). The van der Waals surface area contributed by atoms with E-state index in [1.54, 1.807) is 0 Å². The summed E-state index contributed by atoms with van der Waals surface area (Å²) < 4.78 is 11.3. The number of ether oxygens (including phenoxy) is 2. The summed E-state index contributed by atoms with van der Waals surface area (Å²) in [4.78, 5) is 0.886. The number of nitrogens with one attached hydrogen (secondary N) is 1. The van der Waals surface area contributed by atoms with Gasteiger partial charge in [0.1, 0.15) is 0 Å². The normalized spacial score (nSPS) is 11.3. The van der Waals surface area contributed by atoms with Crippen molar-refractivity contribution < 1.29 is 9.47 Å². The molecule has 0 spiro atoms. The van der Waals surface area contributed by atoms with Crippen molar-refractivity contribution in [2.24, 2.45) is 0 Å². The fourth-order valence-corrected chi connectivity index (χ4v) is 2.09. The minimum Gasteiger partial charge on any atom is -0.490 e. The van der Waals surface area contributed by atoms with Crippen molar-refractivity contribution in [3.8, 4) is 23.8 Å². The minimum absolute atomic E-state index is 0.281. The van der Waals surface area contributed by atoms with Gasteiger partial charge in [-0.2, -0.15) is 0 Å². The molecule has 0 saturated heterocycles. The van der Waals surface area contributed by atoms with Crippen LogP contribution in [0.5, 0.6) is 11.5 Å². The molecule has 1 atom stereocenters. The van der Waals surface area contributed by atoms with E-state index in [1.165, 1.54) is 5.56 Å². The molecule has 1 aromatic rings. The Morgan fingerprint density at radius 2 is 2.14 bits per heavy atom. The van der Waals surface area contributed by atoms with Crippen molar-refractivity contribution in [2.45, 2.75) is 39.7 Å². The second-order valence-electron chi connectivity index (χ2n) is 4.59. The average molecular weight is 305 g/mol.